The molecule has 25 heavy (non-hydrogen) atoms. The molecule has 1 aromatic carbocycles. The molecular weight excluding hydrogens is 302 g/mol. The number of rotatable bonds is 7. The molecule has 0 heterocycles. The fraction of sp³-hybridized carbons (Fsp3) is 0.375. The van der Waals surface area contributed by atoms with E-state index in [-0.39, 0.29) is 0 Å². The van der Waals surface area contributed by atoms with Crippen LogP contribution in [0.15, 0.2) is 59.7 Å². The highest BCUT2D eigenvalue weighted by Gasteiger charge is 2.15. The Balaban J connectivity index is 2.65. The Kier molecular flexibility index (Phi) is 7.18. The number of benzene rings is 1. The zero-order chi connectivity index (χ0) is 18.2. The first kappa shape index (κ1) is 19.2. The number of aryl methyl sites for hydroxylation is 2. The van der Waals surface area contributed by atoms with E-state index in [1.807, 2.05) is 6.08 Å². The number of allylic oxidation sites excluding steroid dienone is 7. The minimum atomic E-state index is 0.983. The van der Waals surface area contributed by atoms with Crippen LogP contribution in [0.3, 0.4) is 0 Å². The molecule has 132 valence electrons. The second-order valence-corrected chi connectivity index (χ2v) is 6.67. The lowest BCUT2D eigenvalue weighted by Crippen LogP contribution is -2.03. The maximum Gasteiger partial charge on any atom is 0.0739 e. The highest BCUT2D eigenvalue weighted by molar-refractivity contribution is 6.02. The topological polar surface area (TPSA) is 12.4 Å². The minimum absolute atomic E-state index is 0.983. The van der Waals surface area contributed by atoms with E-state index in [1.165, 1.54) is 33.5 Å². The quantitative estimate of drug-likeness (QED) is 0.363. The highest BCUT2D eigenvalue weighted by Crippen LogP contribution is 2.37. The average molecular weight is 334 g/mol. The third kappa shape index (κ3) is 4.69. The number of hydrogen-bond acceptors (Lipinski definition) is 1. The Morgan fingerprint density at radius 1 is 1.20 bits per heavy atom. The molecule has 0 saturated heterocycles. The van der Waals surface area contributed by atoms with Gasteiger partial charge in [0.2, 0.25) is 0 Å². The lowest BCUT2D eigenvalue weighted by Gasteiger charge is -2.18. The summed E-state index contributed by atoms with van der Waals surface area (Å²) in [4.78, 5) is 5.21. The lowest BCUT2D eigenvalue weighted by molar-refractivity contribution is 0.978. The molecule has 2 rings (SSSR count). The first-order valence-electron chi connectivity index (χ1n) is 9.48. The Labute approximate surface area is 153 Å². The molecule has 1 nitrogen and oxygen atoms in total. The summed E-state index contributed by atoms with van der Waals surface area (Å²) in [5.41, 5.74) is 8.93. The van der Waals surface area contributed by atoms with Gasteiger partial charge in [-0.25, -0.2) is 0 Å². The lowest BCUT2D eigenvalue weighted by atomic mass is 9.90. The van der Waals surface area contributed by atoms with Gasteiger partial charge in [0.15, 0.2) is 0 Å². The van der Waals surface area contributed by atoms with Gasteiger partial charge in [-0.1, -0.05) is 69.4 Å². The predicted octanol–water partition coefficient (Wildman–Crippen LogP) is 7.43. The molecule has 0 aliphatic heterocycles. The van der Waals surface area contributed by atoms with Crippen molar-refractivity contribution in [3.63, 3.8) is 0 Å². The second-order valence-electron chi connectivity index (χ2n) is 6.67. The predicted molar refractivity (Wildman–Crippen MR) is 113 cm³/mol. The summed E-state index contributed by atoms with van der Waals surface area (Å²) in [5.74, 6) is 0. The SMILES string of the molecule is C=C/C=C(CC)/C(CCC)=N/c1c(C)ccc(C)c1C1=CC=CCC1. The fourth-order valence-electron chi connectivity index (χ4n) is 3.38. The van der Waals surface area contributed by atoms with Gasteiger partial charge in [-0.15, -0.1) is 0 Å². The second kappa shape index (κ2) is 9.36. The molecule has 1 aliphatic rings. The van der Waals surface area contributed by atoms with Crippen LogP contribution in [0.5, 0.6) is 0 Å². The molecule has 0 unspecified atom stereocenters. The number of aliphatic imine (C=N–C) groups is 1. The van der Waals surface area contributed by atoms with Crippen molar-refractivity contribution in [2.24, 2.45) is 4.99 Å². The van der Waals surface area contributed by atoms with E-state index in [0.29, 0.717) is 0 Å². The van der Waals surface area contributed by atoms with Crippen LogP contribution in [0.2, 0.25) is 0 Å². The fourth-order valence-corrected chi connectivity index (χ4v) is 3.38. The van der Waals surface area contributed by atoms with Crippen molar-refractivity contribution < 1.29 is 0 Å². The molecule has 1 aliphatic carbocycles. The van der Waals surface area contributed by atoms with E-state index < -0.39 is 0 Å². The summed E-state index contributed by atoms with van der Waals surface area (Å²) in [7, 11) is 0. The van der Waals surface area contributed by atoms with E-state index in [4.69, 9.17) is 4.99 Å². The largest absolute Gasteiger partial charge is 0.252 e. The van der Waals surface area contributed by atoms with E-state index >= 15 is 0 Å². The van der Waals surface area contributed by atoms with Crippen LogP contribution in [0.4, 0.5) is 5.69 Å². The van der Waals surface area contributed by atoms with Gasteiger partial charge >= 0.3 is 0 Å². The maximum atomic E-state index is 5.21. The maximum absolute atomic E-state index is 5.21. The van der Waals surface area contributed by atoms with Crippen LogP contribution in [-0.4, -0.2) is 5.71 Å². The molecule has 0 atom stereocenters. The first-order chi connectivity index (χ1) is 12.1. The van der Waals surface area contributed by atoms with Gasteiger partial charge in [0.05, 0.1) is 5.69 Å². The molecule has 0 fully saturated rings. The van der Waals surface area contributed by atoms with Gasteiger partial charge in [-0.05, 0) is 61.8 Å². The molecule has 1 heteroatoms. The molecule has 0 N–H and O–H groups in total. The number of hydrogen-bond donors (Lipinski definition) is 0. The zero-order valence-electron chi connectivity index (χ0n) is 16.2. The zero-order valence-corrected chi connectivity index (χ0v) is 16.2. The highest BCUT2D eigenvalue weighted by atomic mass is 14.8. The third-order valence-electron chi connectivity index (χ3n) is 4.73. The van der Waals surface area contributed by atoms with Gasteiger partial charge in [0.25, 0.3) is 0 Å². The van der Waals surface area contributed by atoms with Crippen LogP contribution < -0.4 is 0 Å². The van der Waals surface area contributed by atoms with Gasteiger partial charge in [0, 0.05) is 11.3 Å². The van der Waals surface area contributed by atoms with E-state index in [0.717, 1.165) is 37.8 Å². The van der Waals surface area contributed by atoms with E-state index in [1.54, 1.807) is 0 Å². The molecular formula is C24H31N. The van der Waals surface area contributed by atoms with Crippen molar-refractivity contribution in [1.82, 2.24) is 0 Å². The summed E-state index contributed by atoms with van der Waals surface area (Å²) in [5, 5.41) is 0. The van der Waals surface area contributed by atoms with Gasteiger partial charge in [0.1, 0.15) is 0 Å². The average Bonchev–Trinajstić information content (AvgIpc) is 2.63. The summed E-state index contributed by atoms with van der Waals surface area (Å²) in [6.07, 6.45) is 15.9. The van der Waals surface area contributed by atoms with Crippen LogP contribution in [0, 0.1) is 13.8 Å². The van der Waals surface area contributed by atoms with Crippen molar-refractivity contribution in [2.75, 3.05) is 0 Å². The summed E-state index contributed by atoms with van der Waals surface area (Å²) in [6.45, 7) is 12.7. The van der Waals surface area contributed by atoms with Gasteiger partial charge in [-0.2, -0.15) is 0 Å². The molecule has 0 saturated carbocycles. The molecule has 0 aromatic heterocycles. The van der Waals surface area contributed by atoms with Crippen molar-refractivity contribution in [1.29, 1.82) is 0 Å². The Morgan fingerprint density at radius 2 is 1.96 bits per heavy atom. The Morgan fingerprint density at radius 3 is 2.56 bits per heavy atom. The molecule has 0 spiro atoms. The molecule has 0 amide bonds. The molecule has 0 radical (unpaired) electrons. The normalized spacial score (nSPS) is 15.3. The van der Waals surface area contributed by atoms with Crippen LogP contribution in [-0.2, 0) is 0 Å². The number of nitrogens with zero attached hydrogens (tertiary/aromatic N) is 1. The van der Waals surface area contributed by atoms with Crippen molar-refractivity contribution in [3.05, 3.63) is 71.4 Å². The van der Waals surface area contributed by atoms with Crippen LogP contribution in [0.25, 0.3) is 5.57 Å². The van der Waals surface area contributed by atoms with Crippen molar-refractivity contribution in [2.45, 2.75) is 59.8 Å². The minimum Gasteiger partial charge on any atom is -0.252 e. The van der Waals surface area contributed by atoms with Crippen LogP contribution >= 0.6 is 0 Å². The summed E-state index contributed by atoms with van der Waals surface area (Å²) >= 11 is 0. The Hall–Kier alpha value is -2.15. The summed E-state index contributed by atoms with van der Waals surface area (Å²) in [6, 6.07) is 4.42. The standard InChI is InChI=1S/C24H31N/c1-6-12-20(8-3)22(13-7-2)25-24-19(5)17-16-18(4)23(24)21-14-10-9-11-15-21/h6,9-10,12,14,16-17H,1,7-8,11,13,15H2,2-5H3/b20-12+,25-22+. The van der Waals surface area contributed by atoms with Crippen LogP contribution in [0.1, 0.15) is 62.6 Å². The first-order valence-corrected chi connectivity index (χ1v) is 9.48. The van der Waals surface area contributed by atoms with E-state index in [9.17, 15) is 0 Å². The van der Waals surface area contributed by atoms with Gasteiger partial charge < -0.3 is 0 Å². The smallest absolute Gasteiger partial charge is 0.0739 e. The molecule has 1 aromatic rings. The van der Waals surface area contributed by atoms with Gasteiger partial charge in [-0.3, -0.25) is 4.99 Å². The summed E-state index contributed by atoms with van der Waals surface area (Å²) < 4.78 is 0. The Bertz CT molecular complexity index is 742. The van der Waals surface area contributed by atoms with E-state index in [2.05, 4.69) is 70.7 Å². The van der Waals surface area contributed by atoms with Crippen molar-refractivity contribution >= 4 is 17.0 Å². The van der Waals surface area contributed by atoms with Crippen molar-refractivity contribution in [3.8, 4) is 0 Å². The molecule has 0 bridgehead atoms. The monoisotopic (exact) mass is 333 g/mol. The third-order valence-corrected chi connectivity index (χ3v) is 4.73.